The summed E-state index contributed by atoms with van der Waals surface area (Å²) in [6.45, 7) is 0.00800. The second-order valence-electron chi connectivity index (χ2n) is 4.44. The first kappa shape index (κ1) is 15.2. The van der Waals surface area contributed by atoms with Crippen molar-refractivity contribution in [1.29, 1.82) is 0 Å². The summed E-state index contributed by atoms with van der Waals surface area (Å²) in [5, 5.41) is 0. The van der Waals surface area contributed by atoms with Gasteiger partial charge in [0, 0.05) is 7.11 Å². The number of esters is 1. The summed E-state index contributed by atoms with van der Waals surface area (Å²) in [4.78, 5) is 11.8. The van der Waals surface area contributed by atoms with Crippen LogP contribution in [0.15, 0.2) is 54.6 Å². The average Bonchev–Trinajstić information content (AvgIpc) is 2.53. The fraction of sp³-hybridized carbons (Fsp3) is 0.235. The maximum atomic E-state index is 11.8. The number of methoxy groups -OCH3 is 1. The van der Waals surface area contributed by atoms with Crippen molar-refractivity contribution in [2.75, 3.05) is 20.7 Å². The van der Waals surface area contributed by atoms with Gasteiger partial charge in [0.1, 0.15) is 6.79 Å². The Morgan fingerprint density at radius 2 is 1.67 bits per heavy atom. The maximum Gasteiger partial charge on any atom is 0.312 e. The third-order valence-electron chi connectivity index (χ3n) is 2.94. The highest BCUT2D eigenvalue weighted by Crippen LogP contribution is 2.23. The average molecular weight is 286 g/mol. The van der Waals surface area contributed by atoms with Crippen LogP contribution in [-0.2, 0) is 25.4 Å². The van der Waals surface area contributed by atoms with E-state index in [9.17, 15) is 4.79 Å². The molecule has 0 atom stereocenters. The summed E-state index contributed by atoms with van der Waals surface area (Å²) in [6.07, 6.45) is 0.210. The van der Waals surface area contributed by atoms with Crippen LogP contribution in [0.4, 0.5) is 0 Å². The van der Waals surface area contributed by atoms with E-state index in [1.807, 2.05) is 54.6 Å². The number of ether oxygens (including phenoxy) is 3. The van der Waals surface area contributed by atoms with Crippen LogP contribution in [0.25, 0.3) is 11.1 Å². The molecule has 0 amide bonds. The molecule has 0 aliphatic carbocycles. The van der Waals surface area contributed by atoms with Crippen molar-refractivity contribution in [2.45, 2.75) is 6.42 Å². The Morgan fingerprint density at radius 1 is 0.952 bits per heavy atom. The molecular formula is C17H18O4. The Labute approximate surface area is 124 Å². The highest BCUT2D eigenvalue weighted by molar-refractivity contribution is 5.77. The lowest BCUT2D eigenvalue weighted by molar-refractivity contribution is -0.164. The van der Waals surface area contributed by atoms with E-state index in [4.69, 9.17) is 14.2 Å². The number of carbonyl (C=O) groups is 1. The Kier molecular flexibility index (Phi) is 5.94. The van der Waals surface area contributed by atoms with Crippen molar-refractivity contribution in [3.63, 3.8) is 0 Å². The van der Waals surface area contributed by atoms with Crippen LogP contribution < -0.4 is 0 Å². The molecule has 0 fully saturated rings. The molecule has 2 aromatic rings. The number of hydrogen-bond donors (Lipinski definition) is 0. The van der Waals surface area contributed by atoms with Crippen molar-refractivity contribution in [1.82, 2.24) is 0 Å². The first-order valence-corrected chi connectivity index (χ1v) is 6.67. The Hall–Kier alpha value is -2.17. The van der Waals surface area contributed by atoms with Gasteiger partial charge in [-0.25, -0.2) is 0 Å². The molecule has 0 unspecified atom stereocenters. The van der Waals surface area contributed by atoms with Gasteiger partial charge in [0.15, 0.2) is 6.79 Å². The minimum atomic E-state index is -0.325. The van der Waals surface area contributed by atoms with E-state index in [1.165, 1.54) is 7.11 Å². The summed E-state index contributed by atoms with van der Waals surface area (Å²) in [7, 11) is 1.51. The summed E-state index contributed by atoms with van der Waals surface area (Å²) in [6, 6.07) is 17.8. The third-order valence-corrected chi connectivity index (χ3v) is 2.94. The Bertz CT molecular complexity index is 566. The number of benzene rings is 2. The van der Waals surface area contributed by atoms with Gasteiger partial charge in [0.25, 0.3) is 0 Å². The van der Waals surface area contributed by atoms with Crippen molar-refractivity contribution in [3.05, 3.63) is 60.2 Å². The molecule has 0 spiro atoms. The molecule has 0 aromatic heterocycles. The van der Waals surface area contributed by atoms with E-state index in [0.717, 1.165) is 16.7 Å². The van der Waals surface area contributed by atoms with E-state index in [2.05, 4.69) is 0 Å². The second kappa shape index (κ2) is 8.19. The molecule has 2 aromatic carbocycles. The van der Waals surface area contributed by atoms with Gasteiger partial charge in [-0.2, -0.15) is 0 Å². The van der Waals surface area contributed by atoms with E-state index in [1.54, 1.807) is 0 Å². The molecule has 0 aliphatic rings. The van der Waals surface area contributed by atoms with Crippen LogP contribution in [0.5, 0.6) is 0 Å². The zero-order valence-corrected chi connectivity index (χ0v) is 12.0. The van der Waals surface area contributed by atoms with Gasteiger partial charge in [-0.15, -0.1) is 0 Å². The van der Waals surface area contributed by atoms with Gasteiger partial charge in [-0.3, -0.25) is 4.79 Å². The van der Waals surface area contributed by atoms with Crippen molar-refractivity contribution in [2.24, 2.45) is 0 Å². The highest BCUT2D eigenvalue weighted by Gasteiger charge is 2.10. The van der Waals surface area contributed by atoms with Crippen LogP contribution in [0, 0.1) is 0 Å². The standard InChI is InChI=1S/C17H18O4/c1-19-12-20-13-21-17(18)11-15-9-5-6-10-16(15)14-7-3-2-4-8-14/h2-10H,11-13H2,1H3. The fourth-order valence-electron chi connectivity index (χ4n) is 2.01. The fourth-order valence-corrected chi connectivity index (χ4v) is 2.01. The van der Waals surface area contributed by atoms with Crippen molar-refractivity contribution < 1.29 is 19.0 Å². The number of carbonyl (C=O) groups excluding carboxylic acids is 1. The molecule has 2 rings (SSSR count). The van der Waals surface area contributed by atoms with Gasteiger partial charge in [-0.05, 0) is 16.7 Å². The molecule has 110 valence electrons. The SMILES string of the molecule is COCOCOC(=O)Cc1ccccc1-c1ccccc1. The topological polar surface area (TPSA) is 44.8 Å². The van der Waals surface area contributed by atoms with Gasteiger partial charge >= 0.3 is 5.97 Å². The first-order valence-electron chi connectivity index (χ1n) is 6.67. The molecular weight excluding hydrogens is 268 g/mol. The van der Waals surface area contributed by atoms with Crippen LogP contribution >= 0.6 is 0 Å². The molecule has 0 saturated carbocycles. The van der Waals surface area contributed by atoms with Crippen molar-refractivity contribution in [3.8, 4) is 11.1 Å². The normalized spacial score (nSPS) is 10.3. The van der Waals surface area contributed by atoms with Gasteiger partial charge < -0.3 is 14.2 Å². The number of hydrogen-bond acceptors (Lipinski definition) is 4. The van der Waals surface area contributed by atoms with E-state index >= 15 is 0 Å². The van der Waals surface area contributed by atoms with Crippen LogP contribution in [-0.4, -0.2) is 26.7 Å². The summed E-state index contributed by atoms with van der Waals surface area (Å²) >= 11 is 0. The molecule has 0 heterocycles. The smallest absolute Gasteiger partial charge is 0.312 e. The second-order valence-corrected chi connectivity index (χ2v) is 4.44. The minimum absolute atomic E-state index is 0.0970. The van der Waals surface area contributed by atoms with Gasteiger partial charge in [0.05, 0.1) is 6.42 Å². The summed E-state index contributed by atoms with van der Waals surface area (Å²) in [5.74, 6) is -0.325. The van der Waals surface area contributed by atoms with E-state index in [0.29, 0.717) is 0 Å². The monoisotopic (exact) mass is 286 g/mol. The van der Waals surface area contributed by atoms with E-state index in [-0.39, 0.29) is 26.0 Å². The largest absolute Gasteiger partial charge is 0.438 e. The molecule has 21 heavy (non-hydrogen) atoms. The lowest BCUT2D eigenvalue weighted by Crippen LogP contribution is -2.12. The molecule has 0 radical (unpaired) electrons. The summed E-state index contributed by atoms with van der Waals surface area (Å²) < 4.78 is 14.6. The van der Waals surface area contributed by atoms with Crippen LogP contribution in [0.2, 0.25) is 0 Å². The summed E-state index contributed by atoms with van der Waals surface area (Å²) in [5.41, 5.74) is 3.05. The molecule has 0 saturated heterocycles. The minimum Gasteiger partial charge on any atom is -0.438 e. The third kappa shape index (κ3) is 4.70. The zero-order valence-electron chi connectivity index (χ0n) is 12.0. The first-order chi connectivity index (χ1) is 10.3. The van der Waals surface area contributed by atoms with Crippen LogP contribution in [0.1, 0.15) is 5.56 Å². The highest BCUT2D eigenvalue weighted by atomic mass is 16.7. The van der Waals surface area contributed by atoms with Crippen LogP contribution in [0.3, 0.4) is 0 Å². The van der Waals surface area contributed by atoms with Gasteiger partial charge in [0.2, 0.25) is 0 Å². The molecule has 0 N–H and O–H groups in total. The molecule has 0 bridgehead atoms. The van der Waals surface area contributed by atoms with E-state index < -0.39 is 0 Å². The predicted octanol–water partition coefficient (Wildman–Crippen LogP) is 3.02. The molecule has 4 heteroatoms. The molecule has 0 aliphatic heterocycles. The lowest BCUT2D eigenvalue weighted by atomic mass is 9.98. The Morgan fingerprint density at radius 3 is 2.43 bits per heavy atom. The van der Waals surface area contributed by atoms with Gasteiger partial charge in [-0.1, -0.05) is 54.6 Å². The lowest BCUT2D eigenvalue weighted by Gasteiger charge is -2.10. The quantitative estimate of drug-likeness (QED) is 0.446. The predicted molar refractivity (Wildman–Crippen MR) is 79.5 cm³/mol. The number of rotatable bonds is 7. The van der Waals surface area contributed by atoms with Crippen molar-refractivity contribution >= 4 is 5.97 Å². The molecule has 4 nitrogen and oxygen atoms in total. The zero-order chi connectivity index (χ0) is 14.9. The Balaban J connectivity index is 2.02. The maximum absolute atomic E-state index is 11.8.